The van der Waals surface area contributed by atoms with Crippen molar-refractivity contribution in [2.45, 2.75) is 37.6 Å². The maximum atomic E-state index is 14.7. The number of rotatable bonds is 8. The van der Waals surface area contributed by atoms with Gasteiger partial charge in [-0.05, 0) is 53.4 Å². The summed E-state index contributed by atoms with van der Waals surface area (Å²) in [6, 6.07) is 14.7. The maximum Gasteiger partial charge on any atom is 0.401 e. The van der Waals surface area contributed by atoms with Gasteiger partial charge in [0.1, 0.15) is 6.04 Å². The highest BCUT2D eigenvalue weighted by Crippen LogP contribution is 2.38. The van der Waals surface area contributed by atoms with Gasteiger partial charge < -0.3 is 19.7 Å². The molecule has 1 amide bonds. The van der Waals surface area contributed by atoms with Crippen LogP contribution in [0, 0.1) is 5.82 Å². The van der Waals surface area contributed by atoms with E-state index >= 15 is 0 Å². The van der Waals surface area contributed by atoms with Gasteiger partial charge in [-0.1, -0.05) is 47.1 Å². The zero-order valence-corrected chi connectivity index (χ0v) is 26.3. The lowest BCUT2D eigenvalue weighted by Crippen LogP contribution is -2.50. The summed E-state index contributed by atoms with van der Waals surface area (Å²) in [5.41, 5.74) is 3.16. The second-order valence-electron chi connectivity index (χ2n) is 12.0. The minimum Gasteiger partial charge on any atom is -0.478 e. The SMILES string of the molecule is O=C(O)c1ccc(CC(=O)[C@H]2c3cccc(N4CCN(CC(F)(F)F)CC4)c3CCN2C(=O)[C@H]2CC(c3cccc(Cl)c3F)=NO2)cc1. The highest BCUT2D eigenvalue weighted by atomic mass is 35.5. The first-order valence-corrected chi connectivity index (χ1v) is 15.8. The first-order chi connectivity index (χ1) is 22.9. The normalized spacial score (nSPS) is 19.8. The third-order valence-corrected chi connectivity index (χ3v) is 9.18. The Morgan fingerprint density at radius 3 is 2.35 bits per heavy atom. The van der Waals surface area contributed by atoms with E-state index in [1.165, 1.54) is 34.1 Å². The van der Waals surface area contributed by atoms with Crippen molar-refractivity contribution in [3.63, 3.8) is 0 Å². The quantitative estimate of drug-likeness (QED) is 0.321. The minimum atomic E-state index is -4.29. The molecule has 252 valence electrons. The number of carbonyl (C=O) groups is 3. The van der Waals surface area contributed by atoms with Crippen LogP contribution < -0.4 is 4.90 Å². The number of halogens is 5. The molecular weight excluding hydrogens is 656 g/mol. The maximum absolute atomic E-state index is 14.7. The van der Waals surface area contributed by atoms with Crippen molar-refractivity contribution in [3.05, 3.63) is 99.3 Å². The minimum absolute atomic E-state index is 0.0424. The largest absolute Gasteiger partial charge is 0.478 e. The Morgan fingerprint density at radius 2 is 1.67 bits per heavy atom. The van der Waals surface area contributed by atoms with Crippen LogP contribution in [0.1, 0.15) is 45.1 Å². The van der Waals surface area contributed by atoms with Crippen molar-refractivity contribution in [3.8, 4) is 0 Å². The second-order valence-corrected chi connectivity index (χ2v) is 12.4. The third-order valence-electron chi connectivity index (χ3n) is 8.89. The number of nitrogens with zero attached hydrogens (tertiary/aromatic N) is 4. The number of Topliss-reactive ketones (excluding diaryl/α,β-unsaturated/α-hetero) is 1. The molecule has 1 saturated heterocycles. The average Bonchev–Trinajstić information content (AvgIpc) is 3.55. The van der Waals surface area contributed by atoms with E-state index in [1.807, 2.05) is 11.0 Å². The molecule has 48 heavy (non-hydrogen) atoms. The van der Waals surface area contributed by atoms with Crippen molar-refractivity contribution in [1.82, 2.24) is 9.80 Å². The Kier molecular flexibility index (Phi) is 9.44. The number of carbonyl (C=O) groups excluding carboxylic acids is 2. The number of amides is 1. The summed E-state index contributed by atoms with van der Waals surface area (Å²) in [5, 5.41) is 13.1. The number of benzene rings is 3. The average molecular weight is 687 g/mol. The molecule has 1 N–H and O–H groups in total. The standard InChI is InChI=1S/C34H31ClF4N4O5/c35-25-5-1-4-24(30(25)36)26-18-29(48-40-26)32(45)43-12-11-22-23(31(43)28(44)17-20-7-9-21(10-8-20)33(46)47)3-2-6-27(22)42-15-13-41(14-16-42)19-34(37,38)39/h1-10,29,31H,11-19H2,(H,46,47)/t29-,31-/m1/s1. The summed E-state index contributed by atoms with van der Waals surface area (Å²) in [4.78, 5) is 49.8. The Bertz CT molecular complexity index is 1760. The lowest BCUT2D eigenvalue weighted by atomic mass is 9.86. The Labute approximate surface area is 278 Å². The summed E-state index contributed by atoms with van der Waals surface area (Å²) >= 11 is 5.94. The summed E-state index contributed by atoms with van der Waals surface area (Å²) in [5.74, 6) is -2.61. The molecule has 6 rings (SSSR count). The number of alkyl halides is 3. The van der Waals surface area contributed by atoms with E-state index in [2.05, 4.69) is 5.16 Å². The van der Waals surface area contributed by atoms with Gasteiger partial charge in [0.05, 0.1) is 22.8 Å². The van der Waals surface area contributed by atoms with Gasteiger partial charge >= 0.3 is 12.1 Å². The topological polar surface area (TPSA) is 103 Å². The van der Waals surface area contributed by atoms with Crippen molar-refractivity contribution < 1.29 is 41.9 Å². The van der Waals surface area contributed by atoms with Crippen LogP contribution in [-0.4, -0.2) is 89.8 Å². The van der Waals surface area contributed by atoms with E-state index in [9.17, 15) is 37.1 Å². The predicted molar refractivity (Wildman–Crippen MR) is 169 cm³/mol. The van der Waals surface area contributed by atoms with Crippen LogP contribution in [0.4, 0.5) is 23.2 Å². The molecule has 2 atom stereocenters. The molecule has 3 aromatic carbocycles. The third kappa shape index (κ3) is 7.02. The fourth-order valence-electron chi connectivity index (χ4n) is 6.57. The zero-order chi connectivity index (χ0) is 34.2. The van der Waals surface area contributed by atoms with E-state index < -0.39 is 42.6 Å². The number of carboxylic acid groups (broad SMARTS) is 1. The molecule has 3 heterocycles. The van der Waals surface area contributed by atoms with Gasteiger partial charge in [-0.15, -0.1) is 0 Å². The molecule has 0 spiro atoms. The van der Waals surface area contributed by atoms with Gasteiger partial charge in [0, 0.05) is 56.8 Å². The highest BCUT2D eigenvalue weighted by molar-refractivity contribution is 6.31. The molecule has 3 aliphatic rings. The summed E-state index contributed by atoms with van der Waals surface area (Å²) in [6.07, 6.45) is -5.17. The first-order valence-electron chi connectivity index (χ1n) is 15.4. The van der Waals surface area contributed by atoms with Gasteiger partial charge in [-0.25, -0.2) is 9.18 Å². The summed E-state index contributed by atoms with van der Waals surface area (Å²) in [7, 11) is 0. The first kappa shape index (κ1) is 33.4. The second kappa shape index (κ2) is 13.6. The Morgan fingerprint density at radius 1 is 0.958 bits per heavy atom. The molecule has 0 saturated carbocycles. The van der Waals surface area contributed by atoms with Gasteiger partial charge in [0.15, 0.2) is 11.6 Å². The smallest absolute Gasteiger partial charge is 0.401 e. The van der Waals surface area contributed by atoms with Crippen LogP contribution in [0.2, 0.25) is 5.02 Å². The van der Waals surface area contributed by atoms with Crippen LogP contribution in [-0.2, 0) is 27.3 Å². The Hall–Kier alpha value is -4.49. The predicted octanol–water partition coefficient (Wildman–Crippen LogP) is 5.29. The lowest BCUT2D eigenvalue weighted by molar-refractivity contribution is -0.149. The van der Waals surface area contributed by atoms with Crippen molar-refractivity contribution in [2.24, 2.45) is 5.16 Å². The Balaban J connectivity index is 1.27. The van der Waals surface area contributed by atoms with Gasteiger partial charge in [-0.2, -0.15) is 13.2 Å². The molecule has 1 fully saturated rings. The molecule has 9 nitrogen and oxygen atoms in total. The number of hydrogen-bond acceptors (Lipinski definition) is 7. The summed E-state index contributed by atoms with van der Waals surface area (Å²) < 4.78 is 53.7. The molecule has 14 heteroatoms. The molecule has 0 radical (unpaired) electrons. The number of oxime groups is 1. The van der Waals surface area contributed by atoms with Crippen LogP contribution >= 0.6 is 11.6 Å². The van der Waals surface area contributed by atoms with E-state index in [0.717, 1.165) is 11.3 Å². The number of aromatic carboxylic acids is 1. The summed E-state index contributed by atoms with van der Waals surface area (Å²) in [6.45, 7) is 0.327. The van der Waals surface area contributed by atoms with Crippen molar-refractivity contribution in [2.75, 3.05) is 44.2 Å². The number of anilines is 1. The monoisotopic (exact) mass is 686 g/mol. The number of carboxylic acids is 1. The lowest BCUT2D eigenvalue weighted by Gasteiger charge is -2.41. The van der Waals surface area contributed by atoms with E-state index in [-0.39, 0.29) is 60.1 Å². The molecule has 0 unspecified atom stereocenters. The molecule has 0 aliphatic carbocycles. The van der Waals surface area contributed by atoms with Crippen LogP contribution in [0.15, 0.2) is 65.8 Å². The number of hydrogen-bond donors (Lipinski definition) is 1. The van der Waals surface area contributed by atoms with E-state index in [4.69, 9.17) is 16.4 Å². The molecule has 0 bridgehead atoms. The van der Waals surface area contributed by atoms with Gasteiger partial charge in [-0.3, -0.25) is 14.5 Å². The number of ketones is 1. The van der Waals surface area contributed by atoms with E-state index in [1.54, 1.807) is 30.3 Å². The number of fused-ring (bicyclic) bond motifs is 1. The molecule has 0 aromatic heterocycles. The molecule has 3 aliphatic heterocycles. The van der Waals surface area contributed by atoms with E-state index in [0.29, 0.717) is 30.6 Å². The number of piperazine rings is 1. The van der Waals surface area contributed by atoms with Crippen LogP contribution in [0.3, 0.4) is 0 Å². The zero-order valence-electron chi connectivity index (χ0n) is 25.6. The molecular formula is C34H31ClF4N4O5. The fourth-order valence-corrected chi connectivity index (χ4v) is 6.75. The van der Waals surface area contributed by atoms with Crippen molar-refractivity contribution >= 4 is 40.7 Å². The van der Waals surface area contributed by atoms with Gasteiger partial charge in [0.25, 0.3) is 5.91 Å². The fraction of sp³-hybridized carbons (Fsp3) is 0.353. The molecule has 3 aromatic rings. The van der Waals surface area contributed by atoms with Crippen LogP contribution in [0.25, 0.3) is 0 Å². The van der Waals surface area contributed by atoms with Gasteiger partial charge in [0.2, 0.25) is 6.10 Å². The highest BCUT2D eigenvalue weighted by Gasteiger charge is 2.42. The van der Waals surface area contributed by atoms with Crippen molar-refractivity contribution in [1.29, 1.82) is 0 Å². The van der Waals surface area contributed by atoms with Crippen LogP contribution in [0.5, 0.6) is 0 Å².